The molecule has 42 heavy (non-hydrogen) atoms. The molecule has 16 nitrogen and oxygen atoms in total. The monoisotopic (exact) mass is 628 g/mol. The van der Waals surface area contributed by atoms with Gasteiger partial charge < -0.3 is 35.2 Å². The number of urea groups is 2. The van der Waals surface area contributed by atoms with Gasteiger partial charge in [0.05, 0.1) is 36.2 Å². The molecular weight excluding hydrogens is 605 g/mol. The number of hydrogen-bond donors (Lipinski definition) is 6. The lowest BCUT2D eigenvalue weighted by molar-refractivity contribution is -0.123. The van der Waals surface area contributed by atoms with Crippen LogP contribution in [0, 0.1) is 5.82 Å². The van der Waals surface area contributed by atoms with Crippen LogP contribution in [0.5, 0.6) is 5.75 Å². The van der Waals surface area contributed by atoms with Crippen molar-refractivity contribution >= 4 is 54.0 Å². The third-order valence-electron chi connectivity index (χ3n) is 6.44. The molecule has 0 aromatic heterocycles. The average Bonchev–Trinajstić information content (AvgIpc) is 3.28. The fourth-order valence-electron chi connectivity index (χ4n) is 4.44. The second-order valence-corrected chi connectivity index (χ2v) is 12.8. The summed E-state index contributed by atoms with van der Waals surface area (Å²) in [5, 5.41) is 23.5. The number of carbonyl (C=O) groups excluding carboxylic acids is 3. The lowest BCUT2D eigenvalue weighted by atomic mass is 9.72. The maximum Gasteiger partial charge on any atom is 0.547 e. The van der Waals surface area contributed by atoms with Crippen molar-refractivity contribution < 1.29 is 61.1 Å². The van der Waals surface area contributed by atoms with E-state index in [4.69, 9.17) is 4.65 Å². The van der Waals surface area contributed by atoms with E-state index in [9.17, 15) is 56.5 Å². The van der Waals surface area contributed by atoms with Crippen molar-refractivity contribution in [3.8, 4) is 5.75 Å². The van der Waals surface area contributed by atoms with Crippen molar-refractivity contribution in [1.82, 2.24) is 19.8 Å². The highest BCUT2D eigenvalue weighted by Crippen LogP contribution is 2.35. The number of fused-ring (bicyclic) bond motifs is 1. The standard InChI is InChI=1S/C22H23BFN4O12PS/c1-42(38,39)28-8-7-27(22(28)33)21(32)26-17(11-5-6-15(14(24)9-11)41(35,36)37)19(29)25-16-10-12-3-2-4-13(20(30)31)18(12)40-23(16)34/h2-6,9,16-17,34H,7-8,10H2,1H3,(H,25,29)(H,26,32)(H,30,31)(H2,35,36,37)/t16-,17?/m0/s1. The number of rotatable bonds is 7. The van der Waals surface area contributed by atoms with Gasteiger partial charge >= 0.3 is 32.7 Å². The largest absolute Gasteiger partial charge is 0.547 e. The van der Waals surface area contributed by atoms with Gasteiger partial charge in [-0.05, 0) is 35.7 Å². The van der Waals surface area contributed by atoms with Gasteiger partial charge in [0.1, 0.15) is 17.6 Å². The van der Waals surface area contributed by atoms with Gasteiger partial charge in [-0.2, -0.15) is 0 Å². The van der Waals surface area contributed by atoms with E-state index < -0.39 is 71.8 Å². The lowest BCUT2D eigenvalue weighted by Crippen LogP contribution is -2.56. The molecule has 0 spiro atoms. The van der Waals surface area contributed by atoms with Crippen molar-refractivity contribution in [1.29, 1.82) is 0 Å². The number of sulfonamides is 1. The average molecular weight is 628 g/mol. The number of halogens is 1. The normalized spacial score (nSPS) is 17.8. The van der Waals surface area contributed by atoms with Crippen LogP contribution in [0.4, 0.5) is 14.0 Å². The molecule has 6 N–H and O–H groups in total. The summed E-state index contributed by atoms with van der Waals surface area (Å²) in [6, 6.07) is 2.09. The van der Waals surface area contributed by atoms with Crippen molar-refractivity contribution in [2.75, 3.05) is 19.3 Å². The molecular formula is C22H23BFN4O12PS. The van der Waals surface area contributed by atoms with Crippen LogP contribution < -0.4 is 20.6 Å². The highest BCUT2D eigenvalue weighted by molar-refractivity contribution is 7.88. The van der Waals surface area contributed by atoms with Crippen LogP contribution in [0.2, 0.25) is 0 Å². The number of imide groups is 1. The molecule has 0 aliphatic carbocycles. The fourth-order valence-corrected chi connectivity index (χ4v) is 5.84. The topological polar surface area (TPSA) is 240 Å². The summed E-state index contributed by atoms with van der Waals surface area (Å²) in [6.07, 6.45) is 0.618. The first-order valence-corrected chi connectivity index (χ1v) is 15.4. The predicted octanol–water partition coefficient (Wildman–Crippen LogP) is -1.09. The van der Waals surface area contributed by atoms with Crippen LogP contribution >= 0.6 is 7.60 Å². The summed E-state index contributed by atoms with van der Waals surface area (Å²) < 4.78 is 55.6. The molecule has 1 fully saturated rings. The molecule has 2 atom stereocenters. The van der Waals surface area contributed by atoms with Gasteiger partial charge in [0, 0.05) is 0 Å². The Balaban J connectivity index is 1.63. The Hall–Kier alpha value is -4.03. The Morgan fingerprint density at radius 2 is 1.88 bits per heavy atom. The summed E-state index contributed by atoms with van der Waals surface area (Å²) in [5.74, 6) is -5.17. The lowest BCUT2D eigenvalue weighted by Gasteiger charge is -2.30. The van der Waals surface area contributed by atoms with Gasteiger partial charge in [-0.1, -0.05) is 18.2 Å². The summed E-state index contributed by atoms with van der Waals surface area (Å²) >= 11 is 0. The maximum atomic E-state index is 14.7. The van der Waals surface area contributed by atoms with E-state index in [-0.39, 0.29) is 36.4 Å². The molecule has 2 heterocycles. The molecule has 20 heteroatoms. The number of para-hydroxylation sites is 1. The second kappa shape index (κ2) is 11.3. The minimum atomic E-state index is -5.05. The first-order chi connectivity index (χ1) is 19.5. The van der Waals surface area contributed by atoms with Crippen molar-refractivity contribution in [3.05, 3.63) is 58.9 Å². The van der Waals surface area contributed by atoms with Crippen LogP contribution in [-0.4, -0.2) is 93.9 Å². The first-order valence-electron chi connectivity index (χ1n) is 11.9. The highest BCUT2D eigenvalue weighted by Gasteiger charge is 2.42. The van der Waals surface area contributed by atoms with Gasteiger partial charge in [0.2, 0.25) is 15.9 Å². The summed E-state index contributed by atoms with van der Waals surface area (Å²) in [4.78, 5) is 69.6. The molecule has 1 saturated heterocycles. The number of aromatic carboxylic acids is 1. The Morgan fingerprint density at radius 1 is 1.19 bits per heavy atom. The van der Waals surface area contributed by atoms with Crippen LogP contribution in [0.1, 0.15) is 27.5 Å². The zero-order chi connectivity index (χ0) is 31.1. The van der Waals surface area contributed by atoms with Gasteiger partial charge in [-0.25, -0.2) is 36.4 Å². The maximum absolute atomic E-state index is 14.7. The molecule has 2 aliphatic heterocycles. The number of carboxylic acids is 1. The SMILES string of the molecule is CS(=O)(=O)N1CCN(C(=O)NC(C(=O)N[C@H]2Cc3cccc(C(=O)O)c3OB2O)c2ccc(P(=O)(O)O)c(F)c2)C1=O. The van der Waals surface area contributed by atoms with E-state index in [2.05, 4.69) is 10.6 Å². The van der Waals surface area contributed by atoms with Gasteiger partial charge in [-0.3, -0.25) is 9.36 Å². The van der Waals surface area contributed by atoms with Crippen molar-refractivity contribution in [3.63, 3.8) is 0 Å². The molecule has 5 amide bonds. The molecule has 0 saturated carbocycles. The number of hydrogen-bond acceptors (Lipinski definition) is 9. The van der Waals surface area contributed by atoms with E-state index >= 15 is 0 Å². The Morgan fingerprint density at radius 3 is 2.45 bits per heavy atom. The van der Waals surface area contributed by atoms with Crippen LogP contribution in [0.3, 0.4) is 0 Å². The molecule has 0 bridgehead atoms. The number of carbonyl (C=O) groups is 4. The number of nitrogens with zero attached hydrogens (tertiary/aromatic N) is 2. The Labute approximate surface area is 237 Å². The van der Waals surface area contributed by atoms with Gasteiger partial charge in [-0.15, -0.1) is 0 Å². The zero-order valence-corrected chi connectivity index (χ0v) is 23.2. The predicted molar refractivity (Wildman–Crippen MR) is 141 cm³/mol. The Kier molecular flexibility index (Phi) is 8.35. The molecule has 4 rings (SSSR count). The minimum Gasteiger partial charge on any atom is -0.534 e. The van der Waals surface area contributed by atoms with Crippen molar-refractivity contribution in [2.45, 2.75) is 18.4 Å². The van der Waals surface area contributed by atoms with Crippen LogP contribution in [-0.2, 0) is 25.8 Å². The fraction of sp³-hybridized carbons (Fsp3) is 0.273. The summed E-state index contributed by atoms with van der Waals surface area (Å²) in [5.41, 5.74) is -0.255. The smallest absolute Gasteiger partial charge is 0.534 e. The third kappa shape index (κ3) is 6.24. The molecule has 224 valence electrons. The minimum absolute atomic E-state index is 0.120. The summed E-state index contributed by atoms with van der Waals surface area (Å²) in [7, 11) is -10.8. The van der Waals surface area contributed by atoms with E-state index in [1.54, 1.807) is 0 Å². The molecule has 2 aromatic rings. The van der Waals surface area contributed by atoms with Gasteiger partial charge in [0.15, 0.2) is 0 Å². The molecule has 2 aliphatic rings. The van der Waals surface area contributed by atoms with Crippen LogP contribution in [0.15, 0.2) is 36.4 Å². The highest BCUT2D eigenvalue weighted by atomic mass is 32.2. The number of carboxylic acid groups (broad SMARTS) is 1. The van der Waals surface area contributed by atoms with Gasteiger partial charge in [0.25, 0.3) is 0 Å². The molecule has 1 unspecified atom stereocenters. The first kappa shape index (κ1) is 30.9. The quantitative estimate of drug-likeness (QED) is 0.158. The zero-order valence-electron chi connectivity index (χ0n) is 21.5. The third-order valence-corrected chi connectivity index (χ3v) is 8.57. The molecule has 2 aromatic carbocycles. The number of nitrogens with one attached hydrogen (secondary N) is 2. The van der Waals surface area contributed by atoms with E-state index in [0.717, 1.165) is 12.3 Å². The van der Waals surface area contributed by atoms with E-state index in [1.165, 1.54) is 18.2 Å². The van der Waals surface area contributed by atoms with Crippen molar-refractivity contribution in [2.24, 2.45) is 0 Å². The number of benzene rings is 2. The second-order valence-electron chi connectivity index (χ2n) is 9.33. The number of amides is 5. The molecule has 0 radical (unpaired) electrons. The van der Waals surface area contributed by atoms with E-state index in [1.807, 2.05) is 0 Å². The van der Waals surface area contributed by atoms with E-state index in [0.29, 0.717) is 26.9 Å². The summed E-state index contributed by atoms with van der Waals surface area (Å²) in [6.45, 7) is -0.744. The van der Waals surface area contributed by atoms with Crippen LogP contribution in [0.25, 0.3) is 0 Å². The Bertz CT molecular complexity index is 1640.